The van der Waals surface area contributed by atoms with E-state index in [4.69, 9.17) is 9.84 Å². The zero-order valence-electron chi connectivity index (χ0n) is 9.95. The van der Waals surface area contributed by atoms with Crippen LogP contribution in [0.5, 0.6) is 0 Å². The van der Waals surface area contributed by atoms with Crippen LogP contribution in [0.1, 0.15) is 33.6 Å². The highest BCUT2D eigenvalue weighted by molar-refractivity contribution is 5.75. The van der Waals surface area contributed by atoms with E-state index in [1.165, 1.54) is 0 Å². The van der Waals surface area contributed by atoms with Crippen LogP contribution in [0.2, 0.25) is 0 Å². The molecule has 0 aromatic heterocycles. The Morgan fingerprint density at radius 3 is 2.60 bits per heavy atom. The summed E-state index contributed by atoms with van der Waals surface area (Å²) >= 11 is 0. The molecule has 0 spiro atoms. The third-order valence-electron chi connectivity index (χ3n) is 2.17. The van der Waals surface area contributed by atoms with E-state index >= 15 is 0 Å². The van der Waals surface area contributed by atoms with Gasteiger partial charge in [-0.3, -0.25) is 4.79 Å². The van der Waals surface area contributed by atoms with E-state index in [1.54, 1.807) is 6.92 Å². The number of ether oxygens (including phenoxy) is 1. The van der Waals surface area contributed by atoms with Gasteiger partial charge in [-0.15, -0.1) is 0 Å². The first-order valence-corrected chi connectivity index (χ1v) is 5.66. The predicted octanol–water partition coefficient (Wildman–Crippen LogP) is 0.936. The van der Waals surface area contributed by atoms with Crippen LogP contribution in [0.15, 0.2) is 0 Å². The molecular formula is C11H23NO3. The molecule has 15 heavy (non-hydrogen) atoms. The Morgan fingerprint density at radius 2 is 2.13 bits per heavy atom. The number of aliphatic hydroxyl groups excluding tert-OH is 1. The van der Waals surface area contributed by atoms with E-state index < -0.39 is 0 Å². The van der Waals surface area contributed by atoms with Gasteiger partial charge in [0.25, 0.3) is 0 Å². The summed E-state index contributed by atoms with van der Waals surface area (Å²) in [5.74, 6) is -0.0247. The largest absolute Gasteiger partial charge is 0.465 e. The predicted molar refractivity (Wildman–Crippen MR) is 59.6 cm³/mol. The van der Waals surface area contributed by atoms with Crippen molar-refractivity contribution in [2.24, 2.45) is 5.92 Å². The first-order valence-electron chi connectivity index (χ1n) is 5.66. The van der Waals surface area contributed by atoms with Gasteiger partial charge in [-0.25, -0.2) is 0 Å². The molecule has 0 radical (unpaired) electrons. The van der Waals surface area contributed by atoms with Gasteiger partial charge >= 0.3 is 5.97 Å². The second kappa shape index (κ2) is 8.68. The number of carbonyl (C=O) groups excluding carboxylic acids is 1. The number of hydrogen-bond acceptors (Lipinski definition) is 4. The summed E-state index contributed by atoms with van der Waals surface area (Å²) < 4.78 is 4.96. The minimum atomic E-state index is -0.232. The highest BCUT2D eigenvalue weighted by Crippen LogP contribution is 2.01. The number of nitrogens with one attached hydrogen (secondary N) is 1. The lowest BCUT2D eigenvalue weighted by Crippen LogP contribution is -2.40. The minimum absolute atomic E-state index is 0.134. The third kappa shape index (κ3) is 6.47. The quantitative estimate of drug-likeness (QED) is 0.594. The van der Waals surface area contributed by atoms with E-state index in [0.29, 0.717) is 13.2 Å². The van der Waals surface area contributed by atoms with Crippen molar-refractivity contribution in [1.29, 1.82) is 0 Å². The lowest BCUT2D eigenvalue weighted by Gasteiger charge is -2.18. The van der Waals surface area contributed by atoms with Gasteiger partial charge in [0, 0.05) is 13.2 Å². The standard InChI is InChI=1S/C11H23NO3/c1-4-6-10(11(14)15-5-2)12-7-9(3)8-13/h9-10,12-13H,4-8H2,1-3H3. The Labute approximate surface area is 92.0 Å². The average molecular weight is 217 g/mol. The normalized spacial score (nSPS) is 14.7. The van der Waals surface area contributed by atoms with Crippen molar-refractivity contribution >= 4 is 5.97 Å². The zero-order chi connectivity index (χ0) is 11.7. The molecule has 0 aliphatic carbocycles. The molecule has 0 saturated carbocycles. The van der Waals surface area contributed by atoms with E-state index in [1.807, 2.05) is 13.8 Å². The van der Waals surface area contributed by atoms with Gasteiger partial charge in [0.2, 0.25) is 0 Å². The van der Waals surface area contributed by atoms with Gasteiger partial charge in [0.15, 0.2) is 0 Å². The molecule has 0 aliphatic rings. The summed E-state index contributed by atoms with van der Waals surface area (Å²) in [7, 11) is 0. The Bertz CT molecular complexity index is 173. The molecule has 0 heterocycles. The van der Waals surface area contributed by atoms with E-state index in [-0.39, 0.29) is 24.5 Å². The van der Waals surface area contributed by atoms with Gasteiger partial charge < -0.3 is 15.2 Å². The van der Waals surface area contributed by atoms with Gasteiger partial charge in [-0.05, 0) is 19.3 Å². The van der Waals surface area contributed by atoms with Gasteiger partial charge in [-0.1, -0.05) is 20.3 Å². The Morgan fingerprint density at radius 1 is 1.47 bits per heavy atom. The molecule has 0 amide bonds. The van der Waals surface area contributed by atoms with Crippen LogP contribution in [-0.2, 0) is 9.53 Å². The van der Waals surface area contributed by atoms with Crippen LogP contribution in [-0.4, -0.2) is 36.9 Å². The maximum atomic E-state index is 11.5. The molecule has 0 rings (SSSR count). The third-order valence-corrected chi connectivity index (χ3v) is 2.17. The molecule has 0 aromatic carbocycles. The smallest absolute Gasteiger partial charge is 0.323 e. The molecule has 4 nitrogen and oxygen atoms in total. The highest BCUT2D eigenvalue weighted by Gasteiger charge is 2.18. The molecule has 2 N–H and O–H groups in total. The van der Waals surface area contributed by atoms with Crippen molar-refractivity contribution in [3.8, 4) is 0 Å². The Kier molecular flexibility index (Phi) is 8.33. The van der Waals surface area contributed by atoms with Crippen molar-refractivity contribution < 1.29 is 14.6 Å². The summed E-state index contributed by atoms with van der Waals surface area (Å²) in [6.07, 6.45) is 1.71. The molecule has 0 aromatic rings. The molecule has 4 heteroatoms. The number of esters is 1. The topological polar surface area (TPSA) is 58.6 Å². The summed E-state index contributed by atoms with van der Waals surface area (Å²) in [5, 5.41) is 12.0. The van der Waals surface area contributed by atoms with Crippen LogP contribution in [0.25, 0.3) is 0 Å². The molecule has 0 saturated heterocycles. The van der Waals surface area contributed by atoms with E-state index in [9.17, 15) is 4.79 Å². The Hall–Kier alpha value is -0.610. The molecule has 2 unspecified atom stereocenters. The van der Waals surface area contributed by atoms with Crippen molar-refractivity contribution in [2.75, 3.05) is 19.8 Å². The molecule has 90 valence electrons. The van der Waals surface area contributed by atoms with E-state index in [2.05, 4.69) is 5.32 Å². The monoisotopic (exact) mass is 217 g/mol. The van der Waals surface area contributed by atoms with Crippen LogP contribution in [0, 0.1) is 5.92 Å². The fraction of sp³-hybridized carbons (Fsp3) is 0.909. The van der Waals surface area contributed by atoms with Crippen LogP contribution < -0.4 is 5.32 Å². The molecule has 0 fully saturated rings. The number of carbonyl (C=O) groups is 1. The van der Waals surface area contributed by atoms with Crippen LogP contribution in [0.3, 0.4) is 0 Å². The highest BCUT2D eigenvalue weighted by atomic mass is 16.5. The first-order chi connectivity index (χ1) is 7.15. The summed E-state index contributed by atoms with van der Waals surface area (Å²) in [6, 6.07) is -0.232. The van der Waals surface area contributed by atoms with E-state index in [0.717, 1.165) is 12.8 Å². The fourth-order valence-electron chi connectivity index (χ4n) is 1.24. The SMILES string of the molecule is CCCC(NCC(C)CO)C(=O)OCC. The maximum absolute atomic E-state index is 11.5. The van der Waals surface area contributed by atoms with Gasteiger partial charge in [-0.2, -0.15) is 0 Å². The fourth-order valence-corrected chi connectivity index (χ4v) is 1.24. The van der Waals surface area contributed by atoms with Crippen LogP contribution in [0.4, 0.5) is 0 Å². The molecule has 0 aliphatic heterocycles. The summed E-state index contributed by atoms with van der Waals surface area (Å²) in [4.78, 5) is 11.5. The van der Waals surface area contributed by atoms with Gasteiger partial charge in [0.05, 0.1) is 6.61 Å². The van der Waals surface area contributed by atoms with Crippen molar-refractivity contribution in [1.82, 2.24) is 5.32 Å². The summed E-state index contributed by atoms with van der Waals surface area (Å²) in [5.41, 5.74) is 0. The van der Waals surface area contributed by atoms with Crippen molar-refractivity contribution in [3.63, 3.8) is 0 Å². The average Bonchev–Trinajstić information content (AvgIpc) is 2.23. The second-order valence-electron chi connectivity index (χ2n) is 3.79. The number of hydrogen-bond donors (Lipinski definition) is 2. The lowest BCUT2D eigenvalue weighted by molar-refractivity contribution is -0.145. The van der Waals surface area contributed by atoms with Gasteiger partial charge in [0.1, 0.15) is 6.04 Å². The van der Waals surface area contributed by atoms with Crippen molar-refractivity contribution in [2.45, 2.75) is 39.7 Å². The number of aliphatic hydroxyl groups is 1. The second-order valence-corrected chi connectivity index (χ2v) is 3.79. The Balaban J connectivity index is 3.97. The van der Waals surface area contributed by atoms with Crippen molar-refractivity contribution in [3.05, 3.63) is 0 Å². The zero-order valence-corrected chi connectivity index (χ0v) is 9.95. The lowest BCUT2D eigenvalue weighted by atomic mass is 10.1. The summed E-state index contributed by atoms with van der Waals surface area (Å²) in [6.45, 7) is 6.95. The molecule has 2 atom stereocenters. The molecule has 0 bridgehead atoms. The maximum Gasteiger partial charge on any atom is 0.323 e. The molecular weight excluding hydrogens is 194 g/mol. The first kappa shape index (κ1) is 14.4. The van der Waals surface area contributed by atoms with Crippen LogP contribution >= 0.6 is 0 Å². The minimum Gasteiger partial charge on any atom is -0.465 e. The number of rotatable bonds is 8.